The molecule has 1 saturated heterocycles. The van der Waals surface area contributed by atoms with Gasteiger partial charge in [0.25, 0.3) is 11.8 Å². The number of sulfonamides is 2. The van der Waals surface area contributed by atoms with Gasteiger partial charge >= 0.3 is 5.97 Å². The summed E-state index contributed by atoms with van der Waals surface area (Å²) < 4.78 is 73.0. The molecule has 2 atom stereocenters. The number of aromatic nitrogens is 2. The van der Waals surface area contributed by atoms with Crippen molar-refractivity contribution in [1.82, 2.24) is 29.2 Å². The van der Waals surface area contributed by atoms with Crippen LogP contribution < -0.4 is 20.1 Å². The highest BCUT2D eigenvalue weighted by molar-refractivity contribution is 7.90. The molecule has 82 heavy (non-hydrogen) atoms. The Morgan fingerprint density at radius 2 is 1.15 bits per heavy atom. The molecule has 15 nitrogen and oxygen atoms in total. The van der Waals surface area contributed by atoms with Gasteiger partial charge in [-0.2, -0.15) is 0 Å². The van der Waals surface area contributed by atoms with Crippen LogP contribution >= 0.6 is 34.8 Å². The van der Waals surface area contributed by atoms with Crippen LogP contribution in [0, 0.1) is 17.8 Å². The summed E-state index contributed by atoms with van der Waals surface area (Å²) in [4.78, 5) is 40.2. The lowest BCUT2D eigenvalue weighted by Crippen LogP contribution is -2.49. The summed E-state index contributed by atoms with van der Waals surface area (Å²) >= 11 is 21.9. The van der Waals surface area contributed by atoms with E-state index in [-0.39, 0.29) is 60.7 Å². The number of benzene rings is 4. The Bertz CT molecular complexity index is 3650. The fourth-order valence-electron chi connectivity index (χ4n) is 13.1. The van der Waals surface area contributed by atoms with Crippen LogP contribution in [-0.4, -0.2) is 84.7 Å². The molecule has 20 heteroatoms. The van der Waals surface area contributed by atoms with Crippen LogP contribution in [0.3, 0.4) is 0 Å². The minimum Gasteiger partial charge on any atom is -0.481 e. The molecular weight excluding hydrogens is 1140 g/mol. The molecule has 4 aliphatic rings. The van der Waals surface area contributed by atoms with E-state index in [4.69, 9.17) is 39.5 Å². The van der Waals surface area contributed by atoms with E-state index < -0.39 is 55.0 Å². The van der Waals surface area contributed by atoms with Crippen LogP contribution in [0.25, 0.3) is 44.1 Å². The number of hydrogen-bond acceptors (Lipinski definition) is 8. The van der Waals surface area contributed by atoms with Crippen LogP contribution in [-0.2, 0) is 42.7 Å². The Morgan fingerprint density at radius 1 is 0.622 bits per heavy atom. The highest BCUT2D eigenvalue weighted by Gasteiger charge is 2.39. The predicted octanol–water partition coefficient (Wildman–Crippen LogP) is 13.1. The van der Waals surface area contributed by atoms with Gasteiger partial charge < -0.3 is 29.6 Å². The van der Waals surface area contributed by atoms with Crippen molar-refractivity contribution in [2.24, 2.45) is 17.8 Å². The van der Waals surface area contributed by atoms with Gasteiger partial charge in [-0.25, -0.2) is 26.3 Å². The Kier molecular flexibility index (Phi) is 17.7. The van der Waals surface area contributed by atoms with Gasteiger partial charge in [0, 0.05) is 64.8 Å². The summed E-state index contributed by atoms with van der Waals surface area (Å²) in [6, 6.07) is 22.4. The second kappa shape index (κ2) is 24.2. The molecule has 10 rings (SSSR count). The van der Waals surface area contributed by atoms with E-state index in [1.165, 1.54) is 6.42 Å². The van der Waals surface area contributed by atoms with Crippen LogP contribution in [0.15, 0.2) is 88.7 Å². The van der Waals surface area contributed by atoms with Crippen LogP contribution in [0.5, 0.6) is 0 Å². The zero-order valence-electron chi connectivity index (χ0n) is 47.3. The lowest BCUT2D eigenvalue weighted by Gasteiger charge is -2.35. The van der Waals surface area contributed by atoms with E-state index in [1.807, 2.05) is 47.2 Å². The monoisotopic (exact) mass is 1220 g/mol. The second-order valence-electron chi connectivity index (χ2n) is 25.0. The molecule has 0 radical (unpaired) electrons. The number of carboxylic acid groups (broad SMARTS) is 1. The van der Waals surface area contributed by atoms with Crippen molar-refractivity contribution < 1.29 is 41.1 Å². The van der Waals surface area contributed by atoms with Gasteiger partial charge in [-0.3, -0.25) is 14.4 Å². The van der Waals surface area contributed by atoms with Crippen molar-refractivity contribution in [2.45, 2.75) is 183 Å². The first-order valence-corrected chi connectivity index (χ1v) is 33.0. The average Bonchev–Trinajstić information content (AvgIpc) is 2.37. The van der Waals surface area contributed by atoms with Crippen LogP contribution in [0.4, 0.5) is 0 Å². The summed E-state index contributed by atoms with van der Waals surface area (Å²) in [6.45, 7) is 10.4. The lowest BCUT2D eigenvalue weighted by molar-refractivity contribution is -0.145. The number of hydrogen-bond donors (Lipinski definition) is 5. The Balaban J connectivity index is 0.879. The average molecular weight is 1220 g/mol. The third-order valence-electron chi connectivity index (χ3n) is 17.0. The maximum Gasteiger partial charge on any atom is 0.306 e. The lowest BCUT2D eigenvalue weighted by atomic mass is 9.80. The summed E-state index contributed by atoms with van der Waals surface area (Å²) in [5.41, 5.74) is 1.26. The number of carbonyl (C=O) groups is 3. The first-order valence-electron chi connectivity index (χ1n) is 28.9. The molecule has 4 aromatic carbocycles. The molecule has 0 spiro atoms. The van der Waals surface area contributed by atoms with Crippen molar-refractivity contribution >= 4 is 94.2 Å². The third kappa shape index (κ3) is 13.0. The molecule has 3 saturated carbocycles. The van der Waals surface area contributed by atoms with E-state index in [0.717, 1.165) is 57.8 Å². The van der Waals surface area contributed by atoms with Gasteiger partial charge in [0.1, 0.15) is 10.3 Å². The topological polar surface area (TPSA) is 207 Å². The van der Waals surface area contributed by atoms with Gasteiger partial charge in [-0.05, 0) is 133 Å². The van der Waals surface area contributed by atoms with Gasteiger partial charge in [-0.1, -0.05) is 134 Å². The normalized spacial score (nSPS) is 20.7. The number of carbonyl (C=O) groups excluding carboxylic acids is 2. The van der Waals surface area contributed by atoms with E-state index in [0.29, 0.717) is 101 Å². The van der Waals surface area contributed by atoms with E-state index in [1.54, 1.807) is 75.4 Å². The highest BCUT2D eigenvalue weighted by atomic mass is 35.5. The first kappa shape index (κ1) is 60.2. The van der Waals surface area contributed by atoms with Crippen molar-refractivity contribution in [2.75, 3.05) is 6.61 Å². The third-order valence-corrected chi connectivity index (χ3v) is 21.7. The van der Waals surface area contributed by atoms with Crippen molar-refractivity contribution in [1.29, 1.82) is 0 Å². The number of fused-ring (bicyclic) bond motifs is 2. The summed E-state index contributed by atoms with van der Waals surface area (Å²) in [5.74, 6) is -1.57. The number of rotatable bonds is 18. The fourth-order valence-corrected chi connectivity index (χ4v) is 17.4. The number of ether oxygens (including phenoxy) is 1. The molecule has 2 unspecified atom stereocenters. The van der Waals surface area contributed by atoms with Crippen LogP contribution in [0.1, 0.15) is 152 Å². The van der Waals surface area contributed by atoms with Gasteiger partial charge in [0.05, 0.1) is 49.4 Å². The van der Waals surface area contributed by atoms with E-state index >= 15 is 0 Å². The molecule has 3 aliphatic carbocycles. The second-order valence-corrected chi connectivity index (χ2v) is 29.4. The first-order chi connectivity index (χ1) is 38.9. The molecule has 0 bridgehead atoms. The molecule has 6 aromatic rings. The summed E-state index contributed by atoms with van der Waals surface area (Å²) in [7, 11) is -8.12. The molecule has 440 valence electrons. The maximum absolute atomic E-state index is 14.7. The van der Waals surface area contributed by atoms with Gasteiger partial charge in [-0.15, -0.1) is 0 Å². The largest absolute Gasteiger partial charge is 0.481 e. The van der Waals surface area contributed by atoms with Gasteiger partial charge in [0.15, 0.2) is 0 Å². The number of nitrogens with one attached hydrogen (secondary N) is 4. The minimum absolute atomic E-state index is 0.0807. The molecule has 1 aliphatic heterocycles. The van der Waals surface area contributed by atoms with E-state index in [9.17, 15) is 36.3 Å². The Labute approximate surface area is 496 Å². The van der Waals surface area contributed by atoms with Crippen molar-refractivity contribution in [3.05, 3.63) is 105 Å². The smallest absolute Gasteiger partial charge is 0.306 e. The quantitative estimate of drug-likeness (QED) is 0.0554. The Morgan fingerprint density at radius 3 is 1.72 bits per heavy atom. The predicted molar refractivity (Wildman–Crippen MR) is 324 cm³/mol. The fraction of sp³-hybridized carbons (Fsp3) is 0.500. The molecule has 3 heterocycles. The van der Waals surface area contributed by atoms with Gasteiger partial charge in [0.2, 0.25) is 20.0 Å². The number of amides is 2. The molecule has 2 amide bonds. The van der Waals surface area contributed by atoms with Crippen molar-refractivity contribution in [3.63, 3.8) is 0 Å². The number of aliphatic carboxylic acids is 1. The maximum atomic E-state index is 14.7. The summed E-state index contributed by atoms with van der Waals surface area (Å²) in [6.07, 6.45) is 12.2. The number of nitrogens with zero attached hydrogens (tertiary/aromatic N) is 2. The molecule has 5 N–H and O–H groups in total. The summed E-state index contributed by atoms with van der Waals surface area (Å²) in [5, 5.41) is 18.6. The Hall–Kier alpha value is -4.98. The zero-order chi connectivity index (χ0) is 58.5. The standard InChI is InChI=1S/C62H75Cl3N6O9S2/c1-61(2,3)68-81(76,77)51-27-25-48(44-21-13-15-23-47(44)51)55-54(63)53(57(65)71(55)36-38-18-10-7-11-19-38)59(73)66-40-28-29-80-42(32-40)34-62(4,5)69-82(78,79)52-26-24-45(43-20-12-14-22-46(43)52)50-33-49(58(72)67-41-30-39(31-41)60(74)75)56(64)70(50)35-37-16-8-6-9-17-37/h12-15,20-27,33,37-42,68-69H,6-11,16-19,28-32,34-36H2,1-5H3,(H,66,73)(H,67,72)(H,74,75). The molecular formula is C62H75Cl3N6O9S2. The minimum atomic E-state index is -4.19. The molecule has 4 fully saturated rings. The number of halogens is 3. The number of carboxylic acids is 1. The highest BCUT2D eigenvalue weighted by Crippen LogP contribution is 2.45. The van der Waals surface area contributed by atoms with Crippen molar-refractivity contribution in [3.8, 4) is 22.5 Å². The van der Waals surface area contributed by atoms with E-state index in [2.05, 4.69) is 20.1 Å². The van der Waals surface area contributed by atoms with Crippen LogP contribution in [0.2, 0.25) is 15.3 Å². The SMILES string of the molecule is CC(C)(C)NS(=O)(=O)c1ccc(-c2c(Cl)c(C(=O)NC3CCOC(CC(C)(C)NS(=O)(=O)c4ccc(-c5cc(C(=O)NC6CC(C(=O)O)C6)c(Cl)n5CC5CCCCC5)c5ccccc45)C3)c(Cl)n2CC2CCCCC2)c2ccccc12. The molecule has 2 aromatic heterocycles. The zero-order valence-corrected chi connectivity index (χ0v) is 51.2.